The number of hydrogen-bond acceptors (Lipinski definition) is 3. The largest absolute Gasteiger partial charge is 0.368 e. The molecule has 2 aromatic carbocycles. The zero-order chi connectivity index (χ0) is 18.5. The summed E-state index contributed by atoms with van der Waals surface area (Å²) in [5, 5.41) is 0. The van der Waals surface area contributed by atoms with Gasteiger partial charge in [0.2, 0.25) is 5.91 Å². The Kier molecular flexibility index (Phi) is 6.07. The van der Waals surface area contributed by atoms with Gasteiger partial charge in [-0.3, -0.25) is 14.6 Å². The molecular weight excluding hydrogens is 322 g/mol. The first kappa shape index (κ1) is 18.6. The van der Waals surface area contributed by atoms with Crippen molar-refractivity contribution in [2.24, 2.45) is 5.73 Å². The van der Waals surface area contributed by atoms with E-state index in [1.807, 2.05) is 30.3 Å². The van der Waals surface area contributed by atoms with E-state index in [0.717, 1.165) is 38.3 Å². The highest BCUT2D eigenvalue weighted by molar-refractivity contribution is 5.81. The minimum atomic E-state index is -0.330. The number of benzene rings is 2. The van der Waals surface area contributed by atoms with Crippen LogP contribution in [0.4, 0.5) is 0 Å². The van der Waals surface area contributed by atoms with Crippen LogP contribution in [-0.4, -0.2) is 41.9 Å². The lowest BCUT2D eigenvalue weighted by molar-refractivity contribution is -0.124. The van der Waals surface area contributed by atoms with Gasteiger partial charge in [0.15, 0.2) is 0 Å². The van der Waals surface area contributed by atoms with Gasteiger partial charge in [-0.05, 0) is 22.6 Å². The number of rotatable bonds is 6. The monoisotopic (exact) mass is 351 g/mol. The quantitative estimate of drug-likeness (QED) is 0.870. The zero-order valence-corrected chi connectivity index (χ0v) is 15.8. The highest BCUT2D eigenvalue weighted by Crippen LogP contribution is 2.22. The molecule has 2 N–H and O–H groups in total. The standard InChI is InChI=1S/C22H29N3O/c1-17(2)19-10-8-18(9-11-19)16-24-12-14-25(15-13-24)21(22(23)26)20-6-4-3-5-7-20/h3-11,17,21H,12-16H2,1-2H3,(H2,23,26). The van der Waals surface area contributed by atoms with E-state index >= 15 is 0 Å². The van der Waals surface area contributed by atoms with Gasteiger partial charge < -0.3 is 5.73 Å². The third-order valence-electron chi connectivity index (χ3n) is 5.21. The van der Waals surface area contributed by atoms with Crippen LogP contribution in [0.1, 0.15) is 42.5 Å². The van der Waals surface area contributed by atoms with Crippen molar-refractivity contribution in [3.05, 3.63) is 71.3 Å². The summed E-state index contributed by atoms with van der Waals surface area (Å²) >= 11 is 0. The van der Waals surface area contributed by atoms with Crippen LogP contribution in [0.5, 0.6) is 0 Å². The van der Waals surface area contributed by atoms with Crippen molar-refractivity contribution in [3.8, 4) is 0 Å². The maximum absolute atomic E-state index is 12.0. The molecule has 1 heterocycles. The van der Waals surface area contributed by atoms with Crippen molar-refractivity contribution in [3.63, 3.8) is 0 Å². The second-order valence-electron chi connectivity index (χ2n) is 7.42. The number of nitrogens with zero attached hydrogens (tertiary/aromatic N) is 2. The predicted octanol–water partition coefficient (Wildman–Crippen LogP) is 3.15. The SMILES string of the molecule is CC(C)c1ccc(CN2CCN(C(C(N)=O)c3ccccc3)CC2)cc1. The molecular formula is C22H29N3O. The molecule has 0 bridgehead atoms. The Morgan fingerprint density at radius 1 is 0.923 bits per heavy atom. The third-order valence-corrected chi connectivity index (χ3v) is 5.21. The van der Waals surface area contributed by atoms with Crippen molar-refractivity contribution in [1.82, 2.24) is 9.80 Å². The van der Waals surface area contributed by atoms with Crippen molar-refractivity contribution >= 4 is 5.91 Å². The molecule has 0 radical (unpaired) electrons. The Bertz CT molecular complexity index is 704. The Hall–Kier alpha value is -2.17. The first-order chi connectivity index (χ1) is 12.5. The molecule has 1 amide bonds. The molecule has 0 aliphatic carbocycles. The first-order valence-corrected chi connectivity index (χ1v) is 9.44. The summed E-state index contributed by atoms with van der Waals surface area (Å²) in [5.74, 6) is 0.297. The van der Waals surface area contributed by atoms with Crippen molar-refractivity contribution in [1.29, 1.82) is 0 Å². The van der Waals surface area contributed by atoms with E-state index in [1.54, 1.807) is 0 Å². The fraction of sp³-hybridized carbons (Fsp3) is 0.409. The Labute approximate surface area is 156 Å². The maximum Gasteiger partial charge on any atom is 0.239 e. The lowest BCUT2D eigenvalue weighted by atomic mass is 10.0. The van der Waals surface area contributed by atoms with Gasteiger partial charge in [0, 0.05) is 32.7 Å². The smallest absolute Gasteiger partial charge is 0.239 e. The van der Waals surface area contributed by atoms with E-state index in [0.29, 0.717) is 5.92 Å². The Morgan fingerprint density at radius 2 is 1.54 bits per heavy atom. The molecule has 0 aromatic heterocycles. The van der Waals surface area contributed by atoms with E-state index in [-0.39, 0.29) is 11.9 Å². The Morgan fingerprint density at radius 3 is 2.08 bits per heavy atom. The van der Waals surface area contributed by atoms with Gasteiger partial charge in [0.25, 0.3) is 0 Å². The second-order valence-corrected chi connectivity index (χ2v) is 7.42. The van der Waals surface area contributed by atoms with Crippen LogP contribution in [0.3, 0.4) is 0 Å². The molecule has 4 nitrogen and oxygen atoms in total. The number of piperazine rings is 1. The van der Waals surface area contributed by atoms with Crippen molar-refractivity contribution in [2.75, 3.05) is 26.2 Å². The summed E-state index contributed by atoms with van der Waals surface area (Å²) in [7, 11) is 0. The average Bonchev–Trinajstić information content (AvgIpc) is 2.64. The fourth-order valence-corrected chi connectivity index (χ4v) is 3.64. The summed E-state index contributed by atoms with van der Waals surface area (Å²) < 4.78 is 0. The number of amides is 1. The minimum Gasteiger partial charge on any atom is -0.368 e. The molecule has 2 aromatic rings. The number of carbonyl (C=O) groups excluding carboxylic acids is 1. The van der Waals surface area contributed by atoms with E-state index in [9.17, 15) is 4.79 Å². The van der Waals surface area contributed by atoms with Crippen LogP contribution in [0.25, 0.3) is 0 Å². The lowest BCUT2D eigenvalue weighted by Crippen LogP contribution is -2.49. The van der Waals surface area contributed by atoms with Gasteiger partial charge in [0.05, 0.1) is 0 Å². The lowest BCUT2D eigenvalue weighted by Gasteiger charge is -2.38. The van der Waals surface area contributed by atoms with Gasteiger partial charge in [-0.15, -0.1) is 0 Å². The molecule has 1 saturated heterocycles. The van der Waals surface area contributed by atoms with Gasteiger partial charge >= 0.3 is 0 Å². The molecule has 1 aliphatic rings. The van der Waals surface area contributed by atoms with Crippen molar-refractivity contribution in [2.45, 2.75) is 32.4 Å². The van der Waals surface area contributed by atoms with E-state index in [1.165, 1.54) is 11.1 Å². The minimum absolute atomic E-state index is 0.270. The molecule has 3 rings (SSSR count). The van der Waals surface area contributed by atoms with E-state index in [4.69, 9.17) is 5.73 Å². The third kappa shape index (κ3) is 4.51. The summed E-state index contributed by atoms with van der Waals surface area (Å²) in [6, 6.07) is 18.5. The van der Waals surface area contributed by atoms with Crippen LogP contribution in [0, 0.1) is 0 Å². The second kappa shape index (κ2) is 8.47. The van der Waals surface area contributed by atoms with Gasteiger partial charge in [-0.25, -0.2) is 0 Å². The van der Waals surface area contributed by atoms with Crippen LogP contribution in [0.2, 0.25) is 0 Å². The molecule has 138 valence electrons. The number of carbonyl (C=O) groups is 1. The summed E-state index contributed by atoms with van der Waals surface area (Å²) in [4.78, 5) is 16.7. The Balaban J connectivity index is 1.58. The van der Waals surface area contributed by atoms with Gasteiger partial charge in [0.1, 0.15) is 6.04 Å². The number of hydrogen-bond donors (Lipinski definition) is 1. The topological polar surface area (TPSA) is 49.6 Å². The zero-order valence-electron chi connectivity index (χ0n) is 15.8. The van der Waals surface area contributed by atoms with E-state index in [2.05, 4.69) is 47.9 Å². The molecule has 1 atom stereocenters. The molecule has 1 unspecified atom stereocenters. The molecule has 4 heteroatoms. The fourth-order valence-electron chi connectivity index (χ4n) is 3.64. The van der Waals surface area contributed by atoms with Crippen LogP contribution in [-0.2, 0) is 11.3 Å². The average molecular weight is 351 g/mol. The summed E-state index contributed by atoms with van der Waals surface area (Å²) in [6.07, 6.45) is 0. The normalized spacial score (nSPS) is 17.3. The summed E-state index contributed by atoms with van der Waals surface area (Å²) in [6.45, 7) is 9.00. The van der Waals surface area contributed by atoms with Gasteiger partial charge in [-0.2, -0.15) is 0 Å². The van der Waals surface area contributed by atoms with Crippen LogP contribution >= 0.6 is 0 Å². The van der Waals surface area contributed by atoms with Gasteiger partial charge in [-0.1, -0.05) is 68.4 Å². The molecule has 0 saturated carbocycles. The van der Waals surface area contributed by atoms with Crippen LogP contribution < -0.4 is 5.73 Å². The van der Waals surface area contributed by atoms with E-state index < -0.39 is 0 Å². The first-order valence-electron chi connectivity index (χ1n) is 9.44. The van der Waals surface area contributed by atoms with Crippen LogP contribution in [0.15, 0.2) is 54.6 Å². The summed E-state index contributed by atoms with van der Waals surface area (Å²) in [5.41, 5.74) is 9.41. The number of primary amides is 1. The maximum atomic E-state index is 12.0. The molecule has 1 aliphatic heterocycles. The van der Waals surface area contributed by atoms with Crippen molar-refractivity contribution < 1.29 is 4.79 Å². The molecule has 26 heavy (non-hydrogen) atoms. The molecule has 1 fully saturated rings. The number of nitrogens with two attached hydrogens (primary N) is 1. The predicted molar refractivity (Wildman–Crippen MR) is 106 cm³/mol. The molecule has 0 spiro atoms. The highest BCUT2D eigenvalue weighted by atomic mass is 16.1. The highest BCUT2D eigenvalue weighted by Gasteiger charge is 2.28.